The van der Waals surface area contributed by atoms with E-state index in [1.165, 1.54) is 12.1 Å². The zero-order valence-electron chi connectivity index (χ0n) is 7.89. The third-order valence-corrected chi connectivity index (χ3v) is 3.10. The van der Waals surface area contributed by atoms with Crippen molar-refractivity contribution in [3.8, 4) is 0 Å². The summed E-state index contributed by atoms with van der Waals surface area (Å²) in [6, 6.07) is 2.88. The van der Waals surface area contributed by atoms with Crippen LogP contribution in [0.15, 0.2) is 16.6 Å². The highest BCUT2D eigenvalue weighted by molar-refractivity contribution is 9.10. The van der Waals surface area contributed by atoms with Gasteiger partial charge in [-0.15, -0.1) is 0 Å². The maximum atomic E-state index is 13.0. The van der Waals surface area contributed by atoms with E-state index in [4.69, 9.17) is 5.73 Å². The van der Waals surface area contributed by atoms with Crippen LogP contribution < -0.4 is 11.1 Å². The molecule has 0 bridgehead atoms. The van der Waals surface area contributed by atoms with Crippen LogP contribution in [-0.4, -0.2) is 11.9 Å². The molecule has 0 unspecified atom stereocenters. The molecule has 1 aromatic carbocycles. The summed E-state index contributed by atoms with van der Waals surface area (Å²) in [5.74, 6) is -0.703. The van der Waals surface area contributed by atoms with Crippen molar-refractivity contribution in [2.45, 2.75) is 18.9 Å². The summed E-state index contributed by atoms with van der Waals surface area (Å²) in [7, 11) is 0. The molecule has 0 heterocycles. The molecule has 1 aromatic rings. The molecule has 5 heteroatoms. The molecule has 0 aliphatic heterocycles. The number of amides is 1. The third kappa shape index (κ3) is 2.12. The summed E-state index contributed by atoms with van der Waals surface area (Å²) in [5.41, 5.74) is 6.09. The largest absolute Gasteiger partial charge is 0.397 e. The second-order valence-corrected chi connectivity index (χ2v) is 4.36. The number of halogens is 2. The highest BCUT2D eigenvalue weighted by atomic mass is 79.9. The van der Waals surface area contributed by atoms with Gasteiger partial charge in [0, 0.05) is 6.04 Å². The monoisotopic (exact) mass is 272 g/mol. The summed E-state index contributed by atoms with van der Waals surface area (Å²) in [6.45, 7) is 0. The number of carbonyl (C=O) groups excluding carboxylic acids is 1. The minimum Gasteiger partial charge on any atom is -0.397 e. The zero-order chi connectivity index (χ0) is 11.0. The van der Waals surface area contributed by atoms with Crippen molar-refractivity contribution in [3.05, 3.63) is 28.0 Å². The van der Waals surface area contributed by atoms with Crippen LogP contribution in [0.25, 0.3) is 0 Å². The number of carbonyl (C=O) groups is 1. The maximum absolute atomic E-state index is 13.0. The van der Waals surface area contributed by atoms with Crippen LogP contribution in [0.1, 0.15) is 23.2 Å². The number of nitrogens with one attached hydrogen (secondary N) is 1. The summed E-state index contributed by atoms with van der Waals surface area (Å²) < 4.78 is 13.2. The Hall–Kier alpha value is -1.10. The molecule has 0 aromatic heterocycles. The number of hydrogen-bond acceptors (Lipinski definition) is 2. The smallest absolute Gasteiger partial charge is 0.253 e. The first-order valence-corrected chi connectivity index (χ1v) is 5.43. The molecule has 0 radical (unpaired) electrons. The molecule has 1 aliphatic rings. The van der Waals surface area contributed by atoms with Crippen LogP contribution in [-0.2, 0) is 0 Å². The van der Waals surface area contributed by atoms with Crippen molar-refractivity contribution in [3.63, 3.8) is 0 Å². The summed E-state index contributed by atoms with van der Waals surface area (Å²) in [4.78, 5) is 11.6. The van der Waals surface area contributed by atoms with Gasteiger partial charge in [-0.1, -0.05) is 0 Å². The lowest BCUT2D eigenvalue weighted by atomic mass is 10.1. The minimum absolute atomic E-state index is 0.144. The van der Waals surface area contributed by atoms with Crippen LogP contribution in [0.5, 0.6) is 0 Å². The average Bonchev–Trinajstić information content (AvgIpc) is 2.98. The Kier molecular flexibility index (Phi) is 2.65. The Morgan fingerprint density at radius 3 is 2.80 bits per heavy atom. The lowest BCUT2D eigenvalue weighted by Gasteiger charge is -2.08. The van der Waals surface area contributed by atoms with Gasteiger partial charge < -0.3 is 11.1 Å². The zero-order valence-corrected chi connectivity index (χ0v) is 9.47. The summed E-state index contributed by atoms with van der Waals surface area (Å²) in [6.07, 6.45) is 2.02. The Bertz CT molecular complexity index is 418. The normalized spacial score (nSPS) is 15.1. The molecule has 1 amide bonds. The van der Waals surface area contributed by atoms with Crippen molar-refractivity contribution in [1.82, 2.24) is 5.32 Å². The van der Waals surface area contributed by atoms with E-state index in [0.29, 0.717) is 5.56 Å². The fraction of sp³-hybridized carbons (Fsp3) is 0.300. The van der Waals surface area contributed by atoms with Crippen LogP contribution in [0.3, 0.4) is 0 Å². The van der Waals surface area contributed by atoms with Crippen LogP contribution in [0.4, 0.5) is 10.1 Å². The Morgan fingerprint density at radius 1 is 1.53 bits per heavy atom. The van der Waals surface area contributed by atoms with Gasteiger partial charge >= 0.3 is 0 Å². The standard InChI is InChI=1S/C10H10BrFN2O/c11-8-7(12)4-3-6(9(8)13)10(15)14-5-1-2-5/h3-5H,1-2,13H2,(H,14,15). The molecule has 0 saturated heterocycles. The lowest BCUT2D eigenvalue weighted by molar-refractivity contribution is 0.0952. The third-order valence-electron chi connectivity index (χ3n) is 2.29. The Labute approximate surface area is 95.0 Å². The van der Waals surface area contributed by atoms with E-state index in [1.807, 2.05) is 0 Å². The predicted octanol–water partition coefficient (Wildman–Crippen LogP) is 2.06. The van der Waals surface area contributed by atoms with Gasteiger partial charge in [-0.2, -0.15) is 0 Å². The topological polar surface area (TPSA) is 55.1 Å². The van der Waals surface area contributed by atoms with E-state index in [2.05, 4.69) is 21.2 Å². The number of anilines is 1. The molecule has 0 spiro atoms. The first kappa shape index (κ1) is 10.4. The molecule has 3 N–H and O–H groups in total. The number of benzene rings is 1. The van der Waals surface area contributed by atoms with Crippen molar-refractivity contribution < 1.29 is 9.18 Å². The van der Waals surface area contributed by atoms with Crippen LogP contribution in [0, 0.1) is 5.82 Å². The van der Waals surface area contributed by atoms with Crippen molar-refractivity contribution in [2.75, 3.05) is 5.73 Å². The molecule has 1 fully saturated rings. The first-order valence-electron chi connectivity index (χ1n) is 4.64. The van der Waals surface area contributed by atoms with E-state index >= 15 is 0 Å². The first-order chi connectivity index (χ1) is 7.09. The van der Waals surface area contributed by atoms with Gasteiger partial charge in [0.05, 0.1) is 15.7 Å². The average molecular weight is 273 g/mol. The number of rotatable bonds is 2. The molecule has 15 heavy (non-hydrogen) atoms. The van der Waals surface area contributed by atoms with E-state index in [9.17, 15) is 9.18 Å². The lowest BCUT2D eigenvalue weighted by Crippen LogP contribution is -2.26. The maximum Gasteiger partial charge on any atom is 0.253 e. The Balaban J connectivity index is 2.26. The van der Waals surface area contributed by atoms with E-state index < -0.39 is 5.82 Å². The van der Waals surface area contributed by atoms with Gasteiger partial charge in [-0.05, 0) is 40.9 Å². The highest BCUT2D eigenvalue weighted by Crippen LogP contribution is 2.27. The molecule has 3 nitrogen and oxygen atoms in total. The second-order valence-electron chi connectivity index (χ2n) is 3.57. The van der Waals surface area contributed by atoms with Gasteiger partial charge in [0.25, 0.3) is 5.91 Å². The molecule has 80 valence electrons. The van der Waals surface area contributed by atoms with E-state index in [1.54, 1.807) is 0 Å². The van der Waals surface area contributed by atoms with Crippen molar-refractivity contribution >= 4 is 27.5 Å². The van der Waals surface area contributed by atoms with Crippen LogP contribution >= 0.6 is 15.9 Å². The van der Waals surface area contributed by atoms with Gasteiger partial charge in [-0.25, -0.2) is 4.39 Å². The van der Waals surface area contributed by atoms with Crippen molar-refractivity contribution in [2.24, 2.45) is 0 Å². The minimum atomic E-state index is -0.463. The number of nitrogen functional groups attached to an aromatic ring is 1. The van der Waals surface area contributed by atoms with E-state index in [-0.39, 0.29) is 22.1 Å². The number of hydrogen-bond donors (Lipinski definition) is 2. The fourth-order valence-electron chi connectivity index (χ4n) is 1.26. The summed E-state index contributed by atoms with van der Waals surface area (Å²) >= 11 is 3.00. The quantitative estimate of drug-likeness (QED) is 0.810. The van der Waals surface area contributed by atoms with Gasteiger partial charge in [-0.3, -0.25) is 4.79 Å². The molecular formula is C10H10BrFN2O. The molecule has 1 aliphatic carbocycles. The SMILES string of the molecule is Nc1c(C(=O)NC2CC2)ccc(F)c1Br. The number of nitrogens with two attached hydrogens (primary N) is 1. The van der Waals surface area contributed by atoms with Gasteiger partial charge in [0.1, 0.15) is 5.82 Å². The van der Waals surface area contributed by atoms with Crippen LogP contribution in [0.2, 0.25) is 0 Å². The van der Waals surface area contributed by atoms with Crippen molar-refractivity contribution in [1.29, 1.82) is 0 Å². The second kappa shape index (κ2) is 3.81. The van der Waals surface area contributed by atoms with Gasteiger partial charge in [0.15, 0.2) is 0 Å². The highest BCUT2D eigenvalue weighted by Gasteiger charge is 2.25. The molecule has 1 saturated carbocycles. The Morgan fingerprint density at radius 2 is 2.20 bits per heavy atom. The van der Waals surface area contributed by atoms with E-state index in [0.717, 1.165) is 12.8 Å². The molecule has 0 atom stereocenters. The predicted molar refractivity (Wildman–Crippen MR) is 59.0 cm³/mol. The fourth-order valence-corrected chi connectivity index (χ4v) is 1.60. The molecular weight excluding hydrogens is 263 g/mol. The van der Waals surface area contributed by atoms with Gasteiger partial charge in [0.2, 0.25) is 0 Å². The molecule has 2 rings (SSSR count). The summed E-state index contributed by atoms with van der Waals surface area (Å²) in [5, 5.41) is 2.80.